The zero-order chi connectivity index (χ0) is 10.9. The minimum Gasteiger partial charge on any atom is -0.299 e. The molecule has 1 radical (unpaired) electrons. The highest BCUT2D eigenvalue weighted by atomic mass is 15.3. The smallest absolute Gasteiger partial charge is 0.0743 e. The summed E-state index contributed by atoms with van der Waals surface area (Å²) in [5.41, 5.74) is 0. The van der Waals surface area contributed by atoms with Gasteiger partial charge >= 0.3 is 0 Å². The first-order valence-corrected chi connectivity index (χ1v) is 6.49. The first-order valence-electron chi connectivity index (χ1n) is 6.49. The van der Waals surface area contributed by atoms with Gasteiger partial charge in [0.15, 0.2) is 0 Å². The third-order valence-electron chi connectivity index (χ3n) is 2.99. The Hall–Kier alpha value is -0.120. The molecule has 1 fully saturated rings. The van der Waals surface area contributed by atoms with Crippen molar-refractivity contribution in [3.63, 3.8) is 0 Å². The standard InChI is InChI=1S/C12H26N3/c1-3-5-9-15(10-6-4-2)12-11-13-7-8-14-12/h12,14H,3-11H2,1-2H3. The van der Waals surface area contributed by atoms with Crippen molar-refractivity contribution in [3.05, 3.63) is 0 Å². The van der Waals surface area contributed by atoms with Crippen LogP contribution < -0.4 is 10.6 Å². The molecule has 0 spiro atoms. The van der Waals surface area contributed by atoms with Crippen molar-refractivity contribution in [2.24, 2.45) is 0 Å². The van der Waals surface area contributed by atoms with E-state index in [0.29, 0.717) is 6.17 Å². The average Bonchev–Trinajstić information content (AvgIpc) is 2.30. The molecule has 0 amide bonds. The normalized spacial score (nSPS) is 22.2. The van der Waals surface area contributed by atoms with Gasteiger partial charge in [0.2, 0.25) is 0 Å². The molecule has 3 nitrogen and oxygen atoms in total. The minimum atomic E-state index is 0.511. The van der Waals surface area contributed by atoms with Crippen molar-refractivity contribution in [1.82, 2.24) is 15.5 Å². The first kappa shape index (κ1) is 12.9. The Bertz CT molecular complexity index is 136. The maximum Gasteiger partial charge on any atom is 0.0743 e. The van der Waals surface area contributed by atoms with Crippen LogP contribution in [0.3, 0.4) is 0 Å². The Morgan fingerprint density at radius 2 is 1.87 bits per heavy atom. The van der Waals surface area contributed by atoms with Crippen molar-refractivity contribution in [3.8, 4) is 0 Å². The van der Waals surface area contributed by atoms with Gasteiger partial charge in [-0.25, -0.2) is 5.32 Å². The minimum absolute atomic E-state index is 0.511. The fourth-order valence-corrected chi connectivity index (χ4v) is 1.98. The van der Waals surface area contributed by atoms with Gasteiger partial charge in [0.25, 0.3) is 0 Å². The van der Waals surface area contributed by atoms with E-state index >= 15 is 0 Å². The van der Waals surface area contributed by atoms with E-state index in [2.05, 4.69) is 29.4 Å². The van der Waals surface area contributed by atoms with Gasteiger partial charge in [-0.3, -0.25) is 10.2 Å². The molecular formula is C12H26N3. The van der Waals surface area contributed by atoms with E-state index in [4.69, 9.17) is 0 Å². The van der Waals surface area contributed by atoms with E-state index in [0.717, 1.165) is 19.6 Å². The summed E-state index contributed by atoms with van der Waals surface area (Å²) in [6.45, 7) is 10.00. The van der Waals surface area contributed by atoms with Gasteiger partial charge in [0.1, 0.15) is 0 Å². The number of nitrogens with zero attached hydrogens (tertiary/aromatic N) is 2. The molecule has 0 aromatic heterocycles. The third-order valence-corrected chi connectivity index (χ3v) is 2.99. The summed E-state index contributed by atoms with van der Waals surface area (Å²) in [5.74, 6) is 0. The number of hydrogen-bond acceptors (Lipinski definition) is 2. The molecule has 0 bridgehead atoms. The van der Waals surface area contributed by atoms with E-state index in [1.165, 1.54) is 38.8 Å². The Morgan fingerprint density at radius 3 is 2.33 bits per heavy atom. The van der Waals surface area contributed by atoms with Crippen LogP contribution in [0.25, 0.3) is 0 Å². The maximum absolute atomic E-state index is 4.49. The van der Waals surface area contributed by atoms with Crippen molar-refractivity contribution in [1.29, 1.82) is 0 Å². The van der Waals surface area contributed by atoms with Crippen molar-refractivity contribution < 1.29 is 0 Å². The van der Waals surface area contributed by atoms with E-state index in [1.54, 1.807) is 0 Å². The van der Waals surface area contributed by atoms with Crippen molar-refractivity contribution >= 4 is 0 Å². The zero-order valence-corrected chi connectivity index (χ0v) is 10.3. The summed E-state index contributed by atoms with van der Waals surface area (Å²) in [7, 11) is 0. The maximum atomic E-state index is 4.49. The molecule has 1 aliphatic rings. The average molecular weight is 212 g/mol. The Balaban J connectivity index is 2.30. The molecule has 15 heavy (non-hydrogen) atoms. The van der Waals surface area contributed by atoms with Crippen LogP contribution in [-0.4, -0.2) is 43.8 Å². The largest absolute Gasteiger partial charge is 0.299 e. The quantitative estimate of drug-likeness (QED) is 0.691. The molecule has 3 heteroatoms. The molecule has 0 saturated carbocycles. The highest BCUT2D eigenvalue weighted by Crippen LogP contribution is 2.04. The Morgan fingerprint density at radius 1 is 1.20 bits per heavy atom. The highest BCUT2D eigenvalue weighted by molar-refractivity contribution is 4.76. The lowest BCUT2D eigenvalue weighted by molar-refractivity contribution is 0.142. The number of hydrogen-bond donors (Lipinski definition) is 1. The predicted octanol–water partition coefficient (Wildman–Crippen LogP) is 1.42. The van der Waals surface area contributed by atoms with Crippen LogP contribution in [0.1, 0.15) is 39.5 Å². The Labute approximate surface area is 94.6 Å². The van der Waals surface area contributed by atoms with E-state index in [-0.39, 0.29) is 0 Å². The van der Waals surface area contributed by atoms with Crippen LogP contribution in [0, 0.1) is 0 Å². The monoisotopic (exact) mass is 212 g/mol. The van der Waals surface area contributed by atoms with Crippen LogP contribution in [0.5, 0.6) is 0 Å². The van der Waals surface area contributed by atoms with Gasteiger partial charge in [-0.1, -0.05) is 26.7 Å². The van der Waals surface area contributed by atoms with Crippen LogP contribution in [-0.2, 0) is 0 Å². The summed E-state index contributed by atoms with van der Waals surface area (Å²) >= 11 is 0. The molecular weight excluding hydrogens is 186 g/mol. The molecule has 1 N–H and O–H groups in total. The van der Waals surface area contributed by atoms with Crippen LogP contribution in [0.2, 0.25) is 0 Å². The number of unbranched alkanes of at least 4 members (excludes halogenated alkanes) is 2. The van der Waals surface area contributed by atoms with Crippen LogP contribution in [0.4, 0.5) is 0 Å². The van der Waals surface area contributed by atoms with E-state index in [1.807, 2.05) is 0 Å². The van der Waals surface area contributed by atoms with Gasteiger partial charge in [-0.05, 0) is 25.9 Å². The molecule has 0 aliphatic carbocycles. The van der Waals surface area contributed by atoms with Crippen molar-refractivity contribution in [2.45, 2.75) is 45.7 Å². The topological polar surface area (TPSA) is 29.4 Å². The second-order valence-corrected chi connectivity index (χ2v) is 4.34. The lowest BCUT2D eigenvalue weighted by Gasteiger charge is -2.34. The molecule has 89 valence electrons. The fraction of sp³-hybridized carbons (Fsp3) is 1.00. The van der Waals surface area contributed by atoms with Crippen LogP contribution >= 0.6 is 0 Å². The fourth-order valence-electron chi connectivity index (χ4n) is 1.98. The highest BCUT2D eigenvalue weighted by Gasteiger charge is 2.19. The van der Waals surface area contributed by atoms with Gasteiger partial charge in [0, 0.05) is 19.6 Å². The summed E-state index contributed by atoms with van der Waals surface area (Å²) in [6.07, 6.45) is 5.69. The summed E-state index contributed by atoms with van der Waals surface area (Å²) in [5, 5.41) is 8.06. The molecule has 1 heterocycles. The van der Waals surface area contributed by atoms with Gasteiger partial charge < -0.3 is 0 Å². The molecule has 1 aliphatic heterocycles. The number of nitrogens with one attached hydrogen (secondary N) is 1. The number of rotatable bonds is 7. The molecule has 0 aromatic rings. The molecule has 1 atom stereocenters. The molecule has 0 aromatic carbocycles. The second kappa shape index (κ2) is 8.08. The molecule has 1 rings (SSSR count). The predicted molar refractivity (Wildman–Crippen MR) is 65.0 cm³/mol. The second-order valence-electron chi connectivity index (χ2n) is 4.34. The summed E-state index contributed by atoms with van der Waals surface area (Å²) < 4.78 is 0. The van der Waals surface area contributed by atoms with Gasteiger partial charge in [-0.15, -0.1) is 0 Å². The molecule has 1 saturated heterocycles. The molecule has 1 unspecified atom stereocenters. The Kier molecular flexibility index (Phi) is 6.98. The zero-order valence-electron chi connectivity index (χ0n) is 10.3. The van der Waals surface area contributed by atoms with Crippen molar-refractivity contribution in [2.75, 3.05) is 32.7 Å². The first-order chi connectivity index (χ1) is 7.38. The summed E-state index contributed by atoms with van der Waals surface area (Å²) in [6, 6.07) is 0. The van der Waals surface area contributed by atoms with Gasteiger partial charge in [0.05, 0.1) is 6.17 Å². The van der Waals surface area contributed by atoms with E-state index < -0.39 is 0 Å². The SMILES string of the molecule is CCCCN(CCCC)C1C[N]CCN1. The van der Waals surface area contributed by atoms with Gasteiger partial charge in [-0.2, -0.15) is 0 Å². The van der Waals surface area contributed by atoms with E-state index in [9.17, 15) is 0 Å². The third kappa shape index (κ3) is 4.96. The lowest BCUT2D eigenvalue weighted by atomic mass is 10.2. The lowest BCUT2D eigenvalue weighted by Crippen LogP contribution is -2.55. The van der Waals surface area contributed by atoms with Crippen LogP contribution in [0.15, 0.2) is 0 Å². The summed E-state index contributed by atoms with van der Waals surface area (Å²) in [4.78, 5) is 2.58. The number of piperazine rings is 1.